The van der Waals surface area contributed by atoms with Gasteiger partial charge in [-0.05, 0) is 24.3 Å². The second-order valence-corrected chi connectivity index (χ2v) is 4.05. The van der Waals surface area contributed by atoms with E-state index in [1.165, 1.54) is 0 Å². The number of hydrogen-bond acceptors (Lipinski definition) is 4. The minimum Gasteiger partial charge on any atom is -0.495 e. The molecule has 3 rings (SSSR count). The Kier molecular flexibility index (Phi) is 2.98. The standard InChI is InChI=1S/C15H13N3O/c1-19-14-8-3-2-5-11(14)18-13-7-4-6-12-15(13)17-10-9-16-12/h2-10,18H,1H3. The van der Waals surface area contributed by atoms with Gasteiger partial charge in [0.2, 0.25) is 0 Å². The summed E-state index contributed by atoms with van der Waals surface area (Å²) < 4.78 is 5.33. The van der Waals surface area contributed by atoms with Crippen molar-refractivity contribution in [2.24, 2.45) is 0 Å². The molecule has 1 heterocycles. The van der Waals surface area contributed by atoms with Crippen LogP contribution in [-0.2, 0) is 0 Å². The van der Waals surface area contributed by atoms with Crippen LogP contribution in [0, 0.1) is 0 Å². The number of fused-ring (bicyclic) bond motifs is 1. The smallest absolute Gasteiger partial charge is 0.142 e. The number of hydrogen-bond donors (Lipinski definition) is 1. The molecule has 0 radical (unpaired) electrons. The van der Waals surface area contributed by atoms with Crippen LogP contribution in [0.5, 0.6) is 5.75 Å². The Hall–Kier alpha value is -2.62. The normalized spacial score (nSPS) is 10.4. The molecule has 0 aliphatic heterocycles. The van der Waals surface area contributed by atoms with Crippen molar-refractivity contribution in [1.82, 2.24) is 9.97 Å². The maximum absolute atomic E-state index is 5.33. The van der Waals surface area contributed by atoms with Crippen molar-refractivity contribution in [2.75, 3.05) is 12.4 Å². The summed E-state index contributed by atoms with van der Waals surface area (Å²) in [6.07, 6.45) is 3.38. The van der Waals surface area contributed by atoms with Gasteiger partial charge in [-0.1, -0.05) is 18.2 Å². The van der Waals surface area contributed by atoms with E-state index in [9.17, 15) is 0 Å². The molecule has 1 aromatic heterocycles. The third-order valence-corrected chi connectivity index (χ3v) is 2.87. The van der Waals surface area contributed by atoms with Gasteiger partial charge in [-0.2, -0.15) is 0 Å². The number of anilines is 2. The van der Waals surface area contributed by atoms with E-state index in [1.807, 2.05) is 42.5 Å². The van der Waals surface area contributed by atoms with Crippen LogP contribution in [0.25, 0.3) is 11.0 Å². The number of aromatic nitrogens is 2. The monoisotopic (exact) mass is 251 g/mol. The highest BCUT2D eigenvalue weighted by atomic mass is 16.5. The van der Waals surface area contributed by atoms with Crippen molar-refractivity contribution in [1.29, 1.82) is 0 Å². The molecule has 0 saturated carbocycles. The molecule has 0 spiro atoms. The molecule has 3 aromatic rings. The highest BCUT2D eigenvalue weighted by Gasteiger charge is 2.06. The number of para-hydroxylation sites is 3. The van der Waals surface area contributed by atoms with Gasteiger partial charge in [0.15, 0.2) is 0 Å². The fraction of sp³-hybridized carbons (Fsp3) is 0.0667. The van der Waals surface area contributed by atoms with Crippen molar-refractivity contribution < 1.29 is 4.74 Å². The lowest BCUT2D eigenvalue weighted by Crippen LogP contribution is -1.96. The first-order chi connectivity index (χ1) is 9.38. The van der Waals surface area contributed by atoms with Gasteiger partial charge in [-0.15, -0.1) is 0 Å². The fourth-order valence-corrected chi connectivity index (χ4v) is 1.99. The lowest BCUT2D eigenvalue weighted by atomic mass is 10.2. The molecule has 94 valence electrons. The maximum atomic E-state index is 5.33. The third-order valence-electron chi connectivity index (χ3n) is 2.87. The maximum Gasteiger partial charge on any atom is 0.142 e. The SMILES string of the molecule is COc1ccccc1Nc1cccc2nccnc12. The lowest BCUT2D eigenvalue weighted by molar-refractivity contribution is 0.417. The van der Waals surface area contributed by atoms with E-state index in [0.29, 0.717) is 0 Å². The summed E-state index contributed by atoms with van der Waals surface area (Å²) in [6, 6.07) is 13.6. The highest BCUT2D eigenvalue weighted by molar-refractivity contribution is 5.90. The zero-order chi connectivity index (χ0) is 13.1. The summed E-state index contributed by atoms with van der Waals surface area (Å²) >= 11 is 0. The minimum absolute atomic E-state index is 0.795. The topological polar surface area (TPSA) is 47.0 Å². The zero-order valence-electron chi connectivity index (χ0n) is 10.5. The Morgan fingerprint density at radius 2 is 1.68 bits per heavy atom. The molecule has 4 heteroatoms. The Morgan fingerprint density at radius 1 is 0.895 bits per heavy atom. The van der Waals surface area contributed by atoms with Gasteiger partial charge < -0.3 is 10.1 Å². The molecule has 0 aliphatic carbocycles. The predicted octanol–water partition coefficient (Wildman–Crippen LogP) is 3.38. The van der Waals surface area contributed by atoms with Crippen molar-refractivity contribution in [3.05, 3.63) is 54.9 Å². The van der Waals surface area contributed by atoms with E-state index in [2.05, 4.69) is 15.3 Å². The first-order valence-corrected chi connectivity index (χ1v) is 5.98. The van der Waals surface area contributed by atoms with Crippen LogP contribution in [0.4, 0.5) is 11.4 Å². The van der Waals surface area contributed by atoms with E-state index >= 15 is 0 Å². The van der Waals surface area contributed by atoms with Gasteiger partial charge in [0.25, 0.3) is 0 Å². The molecular weight excluding hydrogens is 238 g/mol. The molecule has 19 heavy (non-hydrogen) atoms. The third kappa shape index (κ3) is 2.20. The molecule has 1 N–H and O–H groups in total. The van der Waals surface area contributed by atoms with Gasteiger partial charge in [-0.3, -0.25) is 9.97 Å². The van der Waals surface area contributed by atoms with Gasteiger partial charge in [-0.25, -0.2) is 0 Å². The summed E-state index contributed by atoms with van der Waals surface area (Å²) in [7, 11) is 1.66. The number of methoxy groups -OCH3 is 1. The molecule has 0 saturated heterocycles. The molecule has 0 atom stereocenters. The number of nitrogens with zero attached hydrogens (tertiary/aromatic N) is 2. The van der Waals surface area contributed by atoms with E-state index in [4.69, 9.17) is 4.74 Å². The summed E-state index contributed by atoms with van der Waals surface area (Å²) in [4.78, 5) is 8.66. The molecular formula is C15H13N3O. The van der Waals surface area contributed by atoms with E-state index < -0.39 is 0 Å². The van der Waals surface area contributed by atoms with Crippen LogP contribution in [0.2, 0.25) is 0 Å². The summed E-state index contributed by atoms with van der Waals surface area (Å²) in [5.74, 6) is 0.795. The molecule has 2 aromatic carbocycles. The molecule has 4 nitrogen and oxygen atoms in total. The number of ether oxygens (including phenoxy) is 1. The Balaban J connectivity index is 2.06. The molecule has 0 unspecified atom stereocenters. The van der Waals surface area contributed by atoms with Crippen LogP contribution >= 0.6 is 0 Å². The van der Waals surface area contributed by atoms with Crippen LogP contribution in [0.15, 0.2) is 54.9 Å². The van der Waals surface area contributed by atoms with Gasteiger partial charge >= 0.3 is 0 Å². The van der Waals surface area contributed by atoms with Gasteiger partial charge in [0.05, 0.1) is 24.0 Å². The first kappa shape index (κ1) is 11.5. The van der Waals surface area contributed by atoms with E-state index in [-0.39, 0.29) is 0 Å². The van der Waals surface area contributed by atoms with Crippen molar-refractivity contribution in [3.63, 3.8) is 0 Å². The van der Waals surface area contributed by atoms with Crippen LogP contribution in [-0.4, -0.2) is 17.1 Å². The Morgan fingerprint density at radius 3 is 2.58 bits per heavy atom. The van der Waals surface area contributed by atoms with Gasteiger partial charge in [0, 0.05) is 12.4 Å². The summed E-state index contributed by atoms with van der Waals surface area (Å²) in [6.45, 7) is 0. The quantitative estimate of drug-likeness (QED) is 0.775. The number of nitrogens with one attached hydrogen (secondary N) is 1. The second kappa shape index (κ2) is 4.94. The molecule has 0 bridgehead atoms. The first-order valence-electron chi connectivity index (χ1n) is 5.98. The number of benzene rings is 2. The van der Waals surface area contributed by atoms with Crippen LogP contribution in [0.1, 0.15) is 0 Å². The molecule has 0 fully saturated rings. The zero-order valence-corrected chi connectivity index (χ0v) is 10.5. The Labute approximate surface area is 111 Å². The molecule has 0 aliphatic rings. The van der Waals surface area contributed by atoms with Crippen LogP contribution in [0.3, 0.4) is 0 Å². The van der Waals surface area contributed by atoms with Crippen molar-refractivity contribution in [3.8, 4) is 5.75 Å². The van der Waals surface area contributed by atoms with Crippen molar-refractivity contribution >= 4 is 22.4 Å². The van der Waals surface area contributed by atoms with Crippen LogP contribution < -0.4 is 10.1 Å². The Bertz CT molecular complexity index is 707. The molecule has 0 amide bonds. The predicted molar refractivity (Wildman–Crippen MR) is 75.8 cm³/mol. The van der Waals surface area contributed by atoms with E-state index in [1.54, 1.807) is 19.5 Å². The largest absolute Gasteiger partial charge is 0.495 e. The summed E-state index contributed by atoms with van der Waals surface area (Å²) in [5.41, 5.74) is 3.52. The minimum atomic E-state index is 0.795. The van der Waals surface area contributed by atoms with Crippen molar-refractivity contribution in [2.45, 2.75) is 0 Å². The average molecular weight is 251 g/mol. The fourth-order valence-electron chi connectivity index (χ4n) is 1.99. The highest BCUT2D eigenvalue weighted by Crippen LogP contribution is 2.29. The average Bonchev–Trinajstić information content (AvgIpc) is 2.48. The second-order valence-electron chi connectivity index (χ2n) is 4.05. The number of rotatable bonds is 3. The van der Waals surface area contributed by atoms with E-state index in [0.717, 1.165) is 28.2 Å². The summed E-state index contributed by atoms with van der Waals surface area (Å²) in [5, 5.41) is 3.34. The lowest BCUT2D eigenvalue weighted by Gasteiger charge is -2.11. The van der Waals surface area contributed by atoms with Gasteiger partial charge in [0.1, 0.15) is 11.3 Å².